The zero-order valence-corrected chi connectivity index (χ0v) is 39.2. The fourth-order valence-electron chi connectivity index (χ4n) is 13.8. The summed E-state index contributed by atoms with van der Waals surface area (Å²) in [5.74, 6) is 0. The molecule has 0 unspecified atom stereocenters. The molecule has 2 heteroatoms. The third-order valence-electron chi connectivity index (χ3n) is 16.8. The lowest BCUT2D eigenvalue weighted by atomic mass is 9.70. The first kappa shape index (κ1) is 38.9. The van der Waals surface area contributed by atoms with Gasteiger partial charge in [0.2, 0.25) is 0 Å². The van der Waals surface area contributed by atoms with Crippen LogP contribution in [0.5, 0.6) is 0 Å². The van der Waals surface area contributed by atoms with Gasteiger partial charge in [0.1, 0.15) is 0 Å². The van der Waals surface area contributed by atoms with Crippen LogP contribution in [0.3, 0.4) is 0 Å². The van der Waals surface area contributed by atoms with Crippen molar-refractivity contribution in [3.63, 3.8) is 0 Å². The predicted octanol–water partition coefficient (Wildman–Crippen LogP) is 17.2. The van der Waals surface area contributed by atoms with Gasteiger partial charge in [-0.25, -0.2) is 0 Å². The minimum Gasteiger partial charge on any atom is -0.310 e. The Labute approximate surface area is 403 Å². The molecule has 4 aliphatic carbocycles. The van der Waals surface area contributed by atoms with E-state index in [2.05, 4.69) is 256 Å². The first-order valence-corrected chi connectivity index (χ1v) is 24.5. The maximum absolute atomic E-state index is 2.57. The smallest absolute Gasteiger partial charge is 0.0726 e. The van der Waals surface area contributed by atoms with Crippen LogP contribution in [0, 0.1) is 0 Å². The minimum atomic E-state index is -0.433. The number of para-hydroxylation sites is 1. The number of rotatable bonds is 4. The molecule has 2 nitrogen and oxygen atoms in total. The minimum absolute atomic E-state index is 0.146. The van der Waals surface area contributed by atoms with Crippen LogP contribution in [0.25, 0.3) is 72.0 Å². The molecular weight excluding hydrogens is 833 g/mol. The Hall–Kier alpha value is -8.20. The fraction of sp³-hybridized carbons (Fsp3) is 0.104. The van der Waals surface area contributed by atoms with Crippen LogP contribution in [-0.2, 0) is 16.2 Å². The van der Waals surface area contributed by atoms with Crippen molar-refractivity contribution in [2.24, 2.45) is 0 Å². The van der Waals surface area contributed by atoms with Crippen LogP contribution < -0.4 is 4.90 Å². The van der Waals surface area contributed by atoms with E-state index in [9.17, 15) is 0 Å². The average molecular weight is 881 g/mol. The number of benzene rings is 10. The molecule has 4 aliphatic rings. The van der Waals surface area contributed by atoms with Crippen LogP contribution in [-0.4, -0.2) is 4.57 Å². The highest BCUT2D eigenvalue weighted by atomic mass is 15.1. The molecule has 0 saturated carbocycles. The lowest BCUT2D eigenvalue weighted by Crippen LogP contribution is -2.25. The van der Waals surface area contributed by atoms with Crippen LogP contribution >= 0.6 is 0 Å². The van der Waals surface area contributed by atoms with Crippen LogP contribution in [0.15, 0.2) is 218 Å². The van der Waals surface area contributed by atoms with E-state index in [0.717, 1.165) is 17.1 Å². The highest BCUT2D eigenvalue weighted by Crippen LogP contribution is 2.64. The van der Waals surface area contributed by atoms with Gasteiger partial charge in [-0.1, -0.05) is 198 Å². The van der Waals surface area contributed by atoms with Crippen molar-refractivity contribution in [1.29, 1.82) is 0 Å². The van der Waals surface area contributed by atoms with Gasteiger partial charge in [0, 0.05) is 44.2 Å². The fourth-order valence-corrected chi connectivity index (χ4v) is 13.8. The summed E-state index contributed by atoms with van der Waals surface area (Å²) in [4.78, 5) is 2.52. The predicted molar refractivity (Wildman–Crippen MR) is 287 cm³/mol. The summed E-state index contributed by atoms with van der Waals surface area (Å²) in [6, 6.07) is 82.9. The molecular formula is C67H48N2. The summed E-state index contributed by atoms with van der Waals surface area (Å²) in [5.41, 5.74) is 27.7. The van der Waals surface area contributed by atoms with Gasteiger partial charge in [-0.15, -0.1) is 0 Å². The maximum atomic E-state index is 2.57. The lowest BCUT2D eigenvalue weighted by molar-refractivity contribution is 0.660. The van der Waals surface area contributed by atoms with E-state index in [-0.39, 0.29) is 10.8 Å². The summed E-state index contributed by atoms with van der Waals surface area (Å²) < 4.78 is 2.57. The number of hydrogen-bond acceptors (Lipinski definition) is 1. The summed E-state index contributed by atoms with van der Waals surface area (Å²) in [5, 5.41) is 2.48. The third-order valence-corrected chi connectivity index (χ3v) is 16.8. The molecule has 69 heavy (non-hydrogen) atoms. The number of aromatic nitrogens is 1. The largest absolute Gasteiger partial charge is 0.310 e. The molecule has 1 heterocycles. The highest BCUT2D eigenvalue weighted by Gasteiger charge is 2.52. The molecule has 326 valence electrons. The SMILES string of the molecule is CC1(C)c2ccccc2-c2ccc(N(c3ccc4c(c3)C(C)(C)c3ccccc3-4)c3ccc4c5ccccc5n(-c5cccc6c5-c5ccccc5C65c6ccccc6-c6ccccc65)c4c3)cc21. The normalized spacial score (nSPS) is 15.3. The number of nitrogens with zero attached hydrogens (tertiary/aromatic N) is 2. The molecule has 0 amide bonds. The molecule has 10 aromatic carbocycles. The Kier molecular flexibility index (Phi) is 7.60. The number of fused-ring (bicyclic) bond motifs is 19. The second kappa shape index (κ2) is 13.5. The Bertz CT molecular complexity index is 3890. The van der Waals surface area contributed by atoms with Crippen molar-refractivity contribution in [2.45, 2.75) is 43.9 Å². The summed E-state index contributed by atoms with van der Waals surface area (Å²) in [7, 11) is 0. The molecule has 0 N–H and O–H groups in total. The van der Waals surface area contributed by atoms with Crippen molar-refractivity contribution in [3.8, 4) is 50.2 Å². The van der Waals surface area contributed by atoms with E-state index in [1.165, 1.54) is 117 Å². The second-order valence-corrected chi connectivity index (χ2v) is 20.8. The van der Waals surface area contributed by atoms with E-state index >= 15 is 0 Å². The van der Waals surface area contributed by atoms with Crippen molar-refractivity contribution < 1.29 is 0 Å². The second-order valence-electron chi connectivity index (χ2n) is 20.8. The van der Waals surface area contributed by atoms with Gasteiger partial charge in [0.25, 0.3) is 0 Å². The van der Waals surface area contributed by atoms with Gasteiger partial charge < -0.3 is 9.47 Å². The van der Waals surface area contributed by atoms with E-state index in [1.807, 2.05) is 0 Å². The molecule has 0 fully saturated rings. The van der Waals surface area contributed by atoms with E-state index in [1.54, 1.807) is 0 Å². The monoisotopic (exact) mass is 880 g/mol. The quantitative estimate of drug-likeness (QED) is 0.171. The molecule has 11 aromatic rings. The van der Waals surface area contributed by atoms with Crippen molar-refractivity contribution >= 4 is 38.9 Å². The zero-order chi connectivity index (χ0) is 46.0. The zero-order valence-electron chi connectivity index (χ0n) is 39.2. The molecule has 0 atom stereocenters. The van der Waals surface area contributed by atoms with Crippen molar-refractivity contribution in [2.75, 3.05) is 4.90 Å². The molecule has 15 rings (SSSR count). The summed E-state index contributed by atoms with van der Waals surface area (Å²) in [6.07, 6.45) is 0. The van der Waals surface area contributed by atoms with Gasteiger partial charge in [-0.05, 0) is 132 Å². The van der Waals surface area contributed by atoms with E-state index < -0.39 is 5.41 Å². The summed E-state index contributed by atoms with van der Waals surface area (Å²) in [6.45, 7) is 9.53. The van der Waals surface area contributed by atoms with Crippen LogP contribution in [0.1, 0.15) is 72.2 Å². The molecule has 0 radical (unpaired) electrons. The van der Waals surface area contributed by atoms with E-state index in [0.29, 0.717) is 0 Å². The number of anilines is 3. The summed E-state index contributed by atoms with van der Waals surface area (Å²) >= 11 is 0. The maximum Gasteiger partial charge on any atom is 0.0726 e. The van der Waals surface area contributed by atoms with Gasteiger partial charge in [0.05, 0.1) is 22.1 Å². The Morgan fingerprint density at radius 3 is 1.29 bits per heavy atom. The molecule has 0 saturated heterocycles. The molecule has 0 aliphatic heterocycles. The van der Waals surface area contributed by atoms with Crippen LogP contribution in [0.2, 0.25) is 0 Å². The molecule has 1 aromatic heterocycles. The molecule has 1 spiro atoms. The standard InChI is InChI=1S/C67H48N2/c1-65(2)53-24-11-5-18-44(53)48-35-32-41(38-59(48)65)68(42-33-36-49-45-19-6-12-25-54(45)66(3,4)60(49)39-42)43-34-37-51-50-22-10-16-30-61(50)69(63(51)40-43)62-31-17-29-58-64(62)52-23-9-15-28-57(52)67(58)55-26-13-7-20-46(55)47-21-8-14-27-56(47)67/h5-40H,1-4H3. The third kappa shape index (κ3) is 4.86. The molecule has 0 bridgehead atoms. The first-order valence-electron chi connectivity index (χ1n) is 24.5. The van der Waals surface area contributed by atoms with Gasteiger partial charge in [-0.3, -0.25) is 0 Å². The van der Waals surface area contributed by atoms with Gasteiger partial charge >= 0.3 is 0 Å². The Morgan fingerprint density at radius 1 is 0.304 bits per heavy atom. The van der Waals surface area contributed by atoms with E-state index in [4.69, 9.17) is 0 Å². The Balaban J connectivity index is 0.992. The Morgan fingerprint density at radius 2 is 0.710 bits per heavy atom. The highest BCUT2D eigenvalue weighted by molar-refractivity contribution is 6.12. The van der Waals surface area contributed by atoms with Gasteiger partial charge in [0.15, 0.2) is 0 Å². The van der Waals surface area contributed by atoms with Crippen molar-refractivity contribution in [3.05, 3.63) is 263 Å². The average Bonchev–Trinajstić information content (AvgIpc) is 4.11. The van der Waals surface area contributed by atoms with Crippen molar-refractivity contribution in [1.82, 2.24) is 4.57 Å². The first-order chi connectivity index (χ1) is 33.8. The topological polar surface area (TPSA) is 8.17 Å². The van der Waals surface area contributed by atoms with Crippen LogP contribution in [0.4, 0.5) is 17.1 Å². The lowest BCUT2D eigenvalue weighted by Gasteiger charge is -2.30. The number of hydrogen-bond donors (Lipinski definition) is 0. The van der Waals surface area contributed by atoms with Gasteiger partial charge in [-0.2, -0.15) is 0 Å².